The summed E-state index contributed by atoms with van der Waals surface area (Å²) in [5, 5.41) is 17.4. The number of carbonyl (C=O) groups excluding carboxylic acids is 1. The second kappa shape index (κ2) is 10.4. The normalized spacial score (nSPS) is 19.5. The van der Waals surface area contributed by atoms with Crippen molar-refractivity contribution in [3.8, 4) is 0 Å². The largest absolute Gasteiger partial charge is 0.453 e. The minimum atomic E-state index is -2.21. The van der Waals surface area contributed by atoms with Gasteiger partial charge in [0, 0.05) is 30.6 Å². The lowest BCUT2D eigenvalue weighted by Gasteiger charge is -2.35. The number of amidine groups is 1. The van der Waals surface area contributed by atoms with Crippen LogP contribution in [-0.4, -0.2) is 60.1 Å². The van der Waals surface area contributed by atoms with Crippen LogP contribution in [0.5, 0.6) is 0 Å². The smallest absolute Gasteiger partial charge is 0.345 e. The number of azide groups is 1. The first-order valence-corrected chi connectivity index (χ1v) is 15.3. The van der Waals surface area contributed by atoms with Gasteiger partial charge in [-0.3, -0.25) is 9.52 Å². The zero-order valence-corrected chi connectivity index (χ0v) is 23.2. The van der Waals surface area contributed by atoms with E-state index in [4.69, 9.17) is 14.9 Å². The number of oxime groups is 1. The lowest BCUT2D eigenvalue weighted by atomic mass is 9.97. The molecule has 2 amide bonds. The van der Waals surface area contributed by atoms with Crippen LogP contribution in [-0.2, 0) is 22.5 Å². The van der Waals surface area contributed by atoms with Gasteiger partial charge in [0.05, 0.1) is 18.4 Å². The van der Waals surface area contributed by atoms with Gasteiger partial charge < -0.3 is 14.7 Å². The Morgan fingerprint density at radius 1 is 1.30 bits per heavy atom. The Kier molecular flexibility index (Phi) is 7.48. The van der Waals surface area contributed by atoms with Gasteiger partial charge in [-0.25, -0.2) is 4.79 Å². The lowest BCUT2D eigenvalue weighted by molar-refractivity contribution is -0.141. The third-order valence-electron chi connectivity index (χ3n) is 7.31. The van der Waals surface area contributed by atoms with Crippen LogP contribution in [0.3, 0.4) is 0 Å². The van der Waals surface area contributed by atoms with Gasteiger partial charge in [-0.2, -0.15) is 10.2 Å². The number of aromatic nitrogens is 2. The Hall–Kier alpha value is -3.54. The summed E-state index contributed by atoms with van der Waals surface area (Å²) in [6.45, 7) is 12.0. The van der Waals surface area contributed by atoms with Crippen LogP contribution in [0.1, 0.15) is 49.7 Å². The zero-order valence-electron chi connectivity index (χ0n) is 22.2. The summed E-state index contributed by atoms with van der Waals surface area (Å²) in [5.41, 5.74) is 11.4. The van der Waals surface area contributed by atoms with Crippen molar-refractivity contribution in [2.45, 2.75) is 64.1 Å². The summed E-state index contributed by atoms with van der Waals surface area (Å²) in [7, 11) is -0.440. The molecule has 1 aromatic heterocycles. The van der Waals surface area contributed by atoms with E-state index in [1.807, 2.05) is 30.3 Å². The second-order valence-corrected chi connectivity index (χ2v) is 15.4. The second-order valence-electron chi connectivity index (χ2n) is 10.7. The Balaban J connectivity index is 1.71. The van der Waals surface area contributed by atoms with Crippen LogP contribution >= 0.6 is 0 Å². The highest BCUT2D eigenvalue weighted by Crippen LogP contribution is 2.45. The molecule has 0 saturated carbocycles. The number of nitrogens with one attached hydrogen (secondary N) is 1. The number of rotatable bonds is 9. The number of benzene rings is 1. The summed E-state index contributed by atoms with van der Waals surface area (Å²) in [6.07, 6.45) is 1.76. The van der Waals surface area contributed by atoms with Crippen molar-refractivity contribution in [2.24, 2.45) is 10.3 Å². The summed E-state index contributed by atoms with van der Waals surface area (Å²) >= 11 is 0. The monoisotopic (exact) mass is 525 g/mol. The summed E-state index contributed by atoms with van der Waals surface area (Å²) in [4.78, 5) is 24.3. The molecule has 1 aromatic carbocycles. The molecule has 0 aliphatic carbocycles. The number of hydrogen-bond acceptors (Lipinski definition) is 6. The Bertz CT molecular complexity index is 1200. The third-order valence-corrected chi connectivity index (χ3v) is 11.5. The first-order valence-electron chi connectivity index (χ1n) is 12.4. The number of carbonyl (C=O) groups is 1. The highest BCUT2D eigenvalue weighted by molar-refractivity contribution is 6.74. The fraction of sp³-hybridized carbons (Fsp3) is 0.542. The van der Waals surface area contributed by atoms with Crippen molar-refractivity contribution in [3.63, 3.8) is 0 Å². The first-order chi connectivity index (χ1) is 17.6. The Labute approximate surface area is 217 Å². The summed E-state index contributed by atoms with van der Waals surface area (Å²) in [6, 6.07) is 8.59. The molecule has 1 saturated heterocycles. The van der Waals surface area contributed by atoms with Gasteiger partial charge in [0.15, 0.2) is 5.84 Å². The maximum atomic E-state index is 13.7. The number of likely N-dealkylation sites (N-methyl/N-ethyl adjacent to an activating group) is 1. The number of urea groups is 1. The molecule has 1 N–H and O–H groups in total. The standard InChI is InChI=1S/C24H35N9O3Si/c1-24(2,3)37(5,6)36-29-22(26-4)21-20-18(14-28-32(20)13-12-27-30-25)19-15-31(21)23(34)33(19)35-16-17-10-8-7-9-11-17/h7-11,14,19,21H,12-13,15-16H2,1-6H3,(H,26,29)/t19-,21-/m0/s1. The fourth-order valence-corrected chi connectivity index (χ4v) is 4.79. The van der Waals surface area contributed by atoms with Crippen LogP contribution in [0.2, 0.25) is 18.1 Å². The number of hydroxylamine groups is 2. The molecule has 0 spiro atoms. The van der Waals surface area contributed by atoms with E-state index in [0.717, 1.165) is 16.8 Å². The fourth-order valence-electron chi connectivity index (χ4n) is 4.19. The molecule has 3 heterocycles. The van der Waals surface area contributed by atoms with Crippen molar-refractivity contribution in [1.82, 2.24) is 25.1 Å². The molecule has 1 fully saturated rings. The average molecular weight is 526 g/mol. The van der Waals surface area contributed by atoms with Crippen LogP contribution in [0, 0.1) is 0 Å². The average Bonchev–Trinajstić information content (AvgIpc) is 3.40. The van der Waals surface area contributed by atoms with E-state index < -0.39 is 14.4 Å². The van der Waals surface area contributed by atoms with Gasteiger partial charge >= 0.3 is 6.03 Å². The van der Waals surface area contributed by atoms with Crippen molar-refractivity contribution in [2.75, 3.05) is 20.1 Å². The lowest BCUT2D eigenvalue weighted by Crippen LogP contribution is -2.45. The molecule has 2 aromatic rings. The predicted octanol–water partition coefficient (Wildman–Crippen LogP) is 4.71. The SMILES string of the molecule is CN/C(=N\O[Si](C)(C)C(C)(C)C)[C@@H]1c2c(cnn2CCN=[N+]=[N-])[C@@H]2CN1C(=O)N2OCc1ccccc1. The minimum absolute atomic E-state index is 0.0409. The quantitative estimate of drug-likeness (QED) is 0.0962. The third kappa shape index (κ3) is 5.15. The molecule has 2 aliphatic heterocycles. The molecular formula is C24H35N9O3Si. The van der Waals surface area contributed by atoms with Gasteiger partial charge in [0.2, 0.25) is 0 Å². The molecule has 198 valence electrons. The molecule has 2 bridgehead atoms. The van der Waals surface area contributed by atoms with Crippen LogP contribution in [0.4, 0.5) is 4.79 Å². The number of nitrogens with zero attached hydrogens (tertiary/aromatic N) is 8. The molecular weight excluding hydrogens is 490 g/mol. The van der Waals surface area contributed by atoms with Crippen molar-refractivity contribution in [1.29, 1.82) is 0 Å². The zero-order chi connectivity index (χ0) is 26.8. The maximum Gasteiger partial charge on any atom is 0.345 e. The minimum Gasteiger partial charge on any atom is -0.453 e. The van der Waals surface area contributed by atoms with Crippen molar-refractivity contribution in [3.05, 3.63) is 63.8 Å². The molecule has 0 unspecified atom stereocenters. The Morgan fingerprint density at radius 3 is 2.68 bits per heavy atom. The van der Waals surface area contributed by atoms with Crippen LogP contribution in [0.15, 0.2) is 46.8 Å². The van der Waals surface area contributed by atoms with E-state index in [9.17, 15) is 4.79 Å². The number of fused-ring (bicyclic) bond motifs is 4. The topological polar surface area (TPSA) is 133 Å². The van der Waals surface area contributed by atoms with Crippen molar-refractivity contribution < 1.29 is 14.2 Å². The van der Waals surface area contributed by atoms with E-state index in [1.165, 1.54) is 5.06 Å². The molecule has 2 aliphatic rings. The van der Waals surface area contributed by atoms with Crippen LogP contribution < -0.4 is 5.32 Å². The molecule has 4 rings (SSSR count). The molecule has 2 atom stereocenters. The highest BCUT2D eigenvalue weighted by Gasteiger charge is 2.52. The molecule has 13 heteroatoms. The van der Waals surface area contributed by atoms with Gasteiger partial charge in [0.25, 0.3) is 8.32 Å². The van der Waals surface area contributed by atoms with E-state index in [2.05, 4.69) is 59.5 Å². The Morgan fingerprint density at radius 2 is 2.03 bits per heavy atom. The predicted molar refractivity (Wildman–Crippen MR) is 142 cm³/mol. The van der Waals surface area contributed by atoms with Gasteiger partial charge in [0.1, 0.15) is 18.7 Å². The van der Waals surface area contributed by atoms with Gasteiger partial charge in [-0.1, -0.05) is 61.4 Å². The van der Waals surface area contributed by atoms with Gasteiger partial charge in [-0.05, 0) is 29.2 Å². The summed E-state index contributed by atoms with van der Waals surface area (Å²) in [5.74, 6) is 0.508. The van der Waals surface area contributed by atoms with E-state index in [0.29, 0.717) is 18.9 Å². The summed E-state index contributed by atoms with van der Waals surface area (Å²) < 4.78 is 7.97. The van der Waals surface area contributed by atoms with Crippen LogP contribution in [0.25, 0.3) is 10.4 Å². The maximum absolute atomic E-state index is 13.7. The molecule has 12 nitrogen and oxygen atoms in total. The van der Waals surface area contributed by atoms with Crippen molar-refractivity contribution >= 4 is 20.2 Å². The van der Waals surface area contributed by atoms with E-state index >= 15 is 0 Å². The van der Waals surface area contributed by atoms with Gasteiger partial charge in [-0.15, -0.1) is 0 Å². The number of hydrogen-bond donors (Lipinski definition) is 1. The first kappa shape index (κ1) is 26.5. The molecule has 0 radical (unpaired) electrons. The highest BCUT2D eigenvalue weighted by atomic mass is 28.4. The van der Waals surface area contributed by atoms with E-state index in [-0.39, 0.29) is 30.3 Å². The number of amides is 2. The van der Waals surface area contributed by atoms with E-state index in [1.54, 1.807) is 22.8 Å². The molecule has 37 heavy (non-hydrogen) atoms.